The number of aromatic nitrogens is 4. The van der Waals surface area contributed by atoms with Crippen molar-refractivity contribution in [2.24, 2.45) is 0 Å². The average molecular weight is 434 g/mol. The molecule has 1 N–H and O–H groups in total. The molecule has 0 saturated heterocycles. The number of amides is 1. The number of thioether (sulfide) groups is 1. The number of thiazole rings is 1. The van der Waals surface area contributed by atoms with E-state index in [1.165, 1.54) is 11.8 Å². The van der Waals surface area contributed by atoms with Crippen LogP contribution in [-0.2, 0) is 11.3 Å². The molecular weight excluding hydrogens is 414 g/mol. The predicted molar refractivity (Wildman–Crippen MR) is 123 cm³/mol. The van der Waals surface area contributed by atoms with Crippen LogP contribution in [0.2, 0.25) is 0 Å². The molecular formula is C22H19N5OS2. The number of hydrogen-bond donors (Lipinski definition) is 1. The summed E-state index contributed by atoms with van der Waals surface area (Å²) in [6.07, 6.45) is 4.01. The maximum absolute atomic E-state index is 12.5. The molecule has 0 unspecified atom stereocenters. The van der Waals surface area contributed by atoms with Crippen LogP contribution >= 0.6 is 23.1 Å². The monoisotopic (exact) mass is 433 g/mol. The van der Waals surface area contributed by atoms with Crippen LogP contribution in [0, 0.1) is 0 Å². The van der Waals surface area contributed by atoms with Crippen LogP contribution in [0.3, 0.4) is 0 Å². The van der Waals surface area contributed by atoms with Gasteiger partial charge in [-0.2, -0.15) is 0 Å². The Morgan fingerprint density at radius 2 is 1.97 bits per heavy atom. The molecule has 150 valence electrons. The summed E-state index contributed by atoms with van der Waals surface area (Å²) in [7, 11) is 0. The molecule has 0 aliphatic rings. The molecule has 3 heterocycles. The van der Waals surface area contributed by atoms with Crippen LogP contribution in [0.15, 0.2) is 71.5 Å². The van der Waals surface area contributed by atoms with E-state index in [4.69, 9.17) is 0 Å². The number of aryl methyl sites for hydroxylation is 1. The molecule has 0 aliphatic carbocycles. The van der Waals surface area contributed by atoms with Gasteiger partial charge in [-0.25, -0.2) is 9.97 Å². The minimum absolute atomic E-state index is 0.0510. The van der Waals surface area contributed by atoms with Gasteiger partial charge < -0.3 is 9.88 Å². The molecule has 6 nitrogen and oxygen atoms in total. The zero-order chi connectivity index (χ0) is 20.5. The molecule has 0 spiro atoms. The molecule has 30 heavy (non-hydrogen) atoms. The Hall–Kier alpha value is -3.10. The smallest absolute Gasteiger partial charge is 0.234 e. The lowest BCUT2D eigenvalue weighted by Crippen LogP contribution is -2.14. The van der Waals surface area contributed by atoms with E-state index in [9.17, 15) is 4.79 Å². The van der Waals surface area contributed by atoms with Crippen LogP contribution in [0.5, 0.6) is 0 Å². The van der Waals surface area contributed by atoms with Crippen molar-refractivity contribution < 1.29 is 4.79 Å². The van der Waals surface area contributed by atoms with Gasteiger partial charge in [0.25, 0.3) is 0 Å². The van der Waals surface area contributed by atoms with E-state index < -0.39 is 0 Å². The highest BCUT2D eigenvalue weighted by molar-refractivity contribution is 7.99. The fourth-order valence-electron chi connectivity index (χ4n) is 3.39. The van der Waals surface area contributed by atoms with Gasteiger partial charge in [-0.1, -0.05) is 36.0 Å². The molecule has 5 rings (SSSR count). The standard InChI is InChI=1S/C22H19N5OS2/c1-2-27-19-6-4-3-5-17(19)24-22(27)30-14-20(28)23-16-9-7-15(8-10-16)18-13-26-11-12-29-21(26)25-18/h3-13H,2,14H2,1H3,(H,23,28). The van der Waals surface area contributed by atoms with E-state index >= 15 is 0 Å². The molecule has 0 aliphatic heterocycles. The first kappa shape index (κ1) is 18.9. The number of nitrogens with one attached hydrogen (secondary N) is 1. The second-order valence-electron chi connectivity index (χ2n) is 6.76. The molecule has 0 fully saturated rings. The van der Waals surface area contributed by atoms with Gasteiger partial charge in [-0.15, -0.1) is 11.3 Å². The van der Waals surface area contributed by atoms with E-state index in [1.807, 2.05) is 64.6 Å². The maximum Gasteiger partial charge on any atom is 0.234 e. The third kappa shape index (κ3) is 3.59. The van der Waals surface area contributed by atoms with Gasteiger partial charge in [0.1, 0.15) is 0 Å². The van der Waals surface area contributed by atoms with E-state index in [2.05, 4.69) is 32.8 Å². The number of hydrogen-bond acceptors (Lipinski definition) is 5. The molecule has 0 atom stereocenters. The Balaban J connectivity index is 1.24. The summed E-state index contributed by atoms with van der Waals surface area (Å²) in [4.78, 5) is 22.7. The van der Waals surface area contributed by atoms with E-state index in [-0.39, 0.29) is 5.91 Å². The molecule has 2 aromatic carbocycles. The Morgan fingerprint density at radius 1 is 1.13 bits per heavy atom. The molecule has 0 radical (unpaired) electrons. The van der Waals surface area contributed by atoms with Crippen LogP contribution in [0.1, 0.15) is 6.92 Å². The second kappa shape index (κ2) is 7.97. The van der Waals surface area contributed by atoms with Gasteiger partial charge in [0.2, 0.25) is 5.91 Å². The number of benzene rings is 2. The van der Waals surface area contributed by atoms with Crippen LogP contribution in [0.4, 0.5) is 5.69 Å². The zero-order valence-electron chi connectivity index (χ0n) is 16.3. The first-order valence-corrected chi connectivity index (χ1v) is 11.5. The number of carbonyl (C=O) groups is 1. The highest BCUT2D eigenvalue weighted by Gasteiger charge is 2.12. The lowest BCUT2D eigenvalue weighted by molar-refractivity contribution is -0.113. The van der Waals surface area contributed by atoms with Crippen molar-refractivity contribution in [2.75, 3.05) is 11.1 Å². The van der Waals surface area contributed by atoms with Crippen molar-refractivity contribution in [3.63, 3.8) is 0 Å². The van der Waals surface area contributed by atoms with Gasteiger partial charge in [-0.3, -0.25) is 9.20 Å². The molecule has 1 amide bonds. The average Bonchev–Trinajstić information content (AvgIpc) is 3.45. The van der Waals surface area contributed by atoms with Crippen molar-refractivity contribution in [1.82, 2.24) is 18.9 Å². The largest absolute Gasteiger partial charge is 0.325 e. The van der Waals surface area contributed by atoms with Gasteiger partial charge >= 0.3 is 0 Å². The number of para-hydroxylation sites is 2. The zero-order valence-corrected chi connectivity index (χ0v) is 17.9. The van der Waals surface area contributed by atoms with E-state index in [0.29, 0.717) is 5.75 Å². The van der Waals surface area contributed by atoms with Gasteiger partial charge in [0.05, 0.1) is 22.5 Å². The number of imidazole rings is 2. The van der Waals surface area contributed by atoms with E-state index in [0.717, 1.165) is 44.6 Å². The number of anilines is 1. The second-order valence-corrected chi connectivity index (χ2v) is 8.58. The predicted octanol–water partition coefficient (Wildman–Crippen LogP) is 5.16. The Kier molecular flexibility index (Phi) is 5.02. The Bertz CT molecular complexity index is 1300. The molecule has 5 aromatic rings. The molecule has 8 heteroatoms. The van der Waals surface area contributed by atoms with E-state index in [1.54, 1.807) is 11.3 Å². The first-order valence-electron chi connectivity index (χ1n) is 9.62. The van der Waals surface area contributed by atoms with Gasteiger partial charge in [0, 0.05) is 35.6 Å². The van der Waals surface area contributed by atoms with Crippen molar-refractivity contribution >= 4 is 50.7 Å². The third-order valence-corrected chi connectivity index (χ3v) is 6.57. The minimum atomic E-state index is -0.0510. The van der Waals surface area contributed by atoms with Crippen molar-refractivity contribution in [2.45, 2.75) is 18.6 Å². The quantitative estimate of drug-likeness (QED) is 0.376. The number of nitrogens with zero attached hydrogens (tertiary/aromatic N) is 4. The summed E-state index contributed by atoms with van der Waals surface area (Å²) in [5.41, 5.74) is 4.77. The number of carbonyl (C=O) groups excluding carboxylic acids is 1. The molecule has 3 aromatic heterocycles. The third-order valence-electron chi connectivity index (χ3n) is 4.83. The Labute approximate surface area is 181 Å². The van der Waals surface area contributed by atoms with Crippen molar-refractivity contribution in [3.05, 3.63) is 66.3 Å². The van der Waals surface area contributed by atoms with Crippen molar-refractivity contribution in [3.8, 4) is 11.3 Å². The van der Waals surface area contributed by atoms with Gasteiger partial charge in [-0.05, 0) is 31.2 Å². The summed E-state index contributed by atoms with van der Waals surface area (Å²) in [6, 6.07) is 15.8. The number of fused-ring (bicyclic) bond motifs is 2. The lowest BCUT2D eigenvalue weighted by atomic mass is 10.1. The lowest BCUT2D eigenvalue weighted by Gasteiger charge is -2.07. The normalized spacial score (nSPS) is 11.4. The summed E-state index contributed by atoms with van der Waals surface area (Å²) in [6.45, 7) is 2.90. The fraction of sp³-hybridized carbons (Fsp3) is 0.136. The van der Waals surface area contributed by atoms with Crippen LogP contribution < -0.4 is 5.32 Å². The summed E-state index contributed by atoms with van der Waals surface area (Å²) in [5.74, 6) is 0.257. The number of rotatable bonds is 6. The summed E-state index contributed by atoms with van der Waals surface area (Å²) >= 11 is 3.06. The first-order chi connectivity index (χ1) is 14.7. The summed E-state index contributed by atoms with van der Waals surface area (Å²) < 4.78 is 4.15. The van der Waals surface area contributed by atoms with Crippen molar-refractivity contribution in [1.29, 1.82) is 0 Å². The van der Waals surface area contributed by atoms with Crippen LogP contribution in [0.25, 0.3) is 27.3 Å². The van der Waals surface area contributed by atoms with Gasteiger partial charge in [0.15, 0.2) is 10.1 Å². The molecule has 0 saturated carbocycles. The van der Waals surface area contributed by atoms with Crippen LogP contribution in [-0.4, -0.2) is 30.6 Å². The summed E-state index contributed by atoms with van der Waals surface area (Å²) in [5, 5.41) is 5.84. The topological polar surface area (TPSA) is 64.2 Å². The highest BCUT2D eigenvalue weighted by atomic mass is 32.2. The fourth-order valence-corrected chi connectivity index (χ4v) is 4.97. The Morgan fingerprint density at radius 3 is 2.77 bits per heavy atom. The minimum Gasteiger partial charge on any atom is -0.325 e. The highest BCUT2D eigenvalue weighted by Crippen LogP contribution is 2.25. The maximum atomic E-state index is 12.5. The SMILES string of the molecule is CCn1c(SCC(=O)Nc2ccc(-c3cn4ccsc4n3)cc2)nc2ccccc21. The molecule has 0 bridgehead atoms.